The molecule has 0 bridgehead atoms. The van der Waals surface area contributed by atoms with E-state index in [0.717, 1.165) is 19.5 Å². The van der Waals surface area contributed by atoms with Crippen LogP contribution < -0.4 is 5.32 Å². The SMILES string of the molecule is CCCn1cc(CNC(CC)C(C)C)cn1. The van der Waals surface area contributed by atoms with E-state index in [1.54, 1.807) is 0 Å². The van der Waals surface area contributed by atoms with Crippen molar-refractivity contribution in [2.24, 2.45) is 5.92 Å². The molecule has 1 aromatic heterocycles. The molecule has 0 radical (unpaired) electrons. The molecule has 0 aromatic carbocycles. The zero-order valence-corrected chi connectivity index (χ0v) is 11.0. The Morgan fingerprint density at radius 1 is 1.38 bits per heavy atom. The van der Waals surface area contributed by atoms with Crippen molar-refractivity contribution >= 4 is 0 Å². The second-order valence-electron chi connectivity index (χ2n) is 4.75. The summed E-state index contributed by atoms with van der Waals surface area (Å²) in [6.07, 6.45) is 6.43. The molecule has 3 heteroatoms. The summed E-state index contributed by atoms with van der Waals surface area (Å²) in [7, 11) is 0. The highest BCUT2D eigenvalue weighted by Gasteiger charge is 2.10. The zero-order valence-electron chi connectivity index (χ0n) is 11.0. The third kappa shape index (κ3) is 3.97. The van der Waals surface area contributed by atoms with E-state index >= 15 is 0 Å². The van der Waals surface area contributed by atoms with E-state index in [1.807, 2.05) is 10.9 Å². The van der Waals surface area contributed by atoms with Crippen LogP contribution in [0.5, 0.6) is 0 Å². The van der Waals surface area contributed by atoms with Gasteiger partial charge in [-0.05, 0) is 18.8 Å². The normalized spacial score (nSPS) is 13.3. The first-order valence-electron chi connectivity index (χ1n) is 6.42. The monoisotopic (exact) mass is 223 g/mol. The predicted molar refractivity (Wildman–Crippen MR) is 68.3 cm³/mol. The summed E-state index contributed by atoms with van der Waals surface area (Å²) >= 11 is 0. The van der Waals surface area contributed by atoms with E-state index in [0.29, 0.717) is 12.0 Å². The van der Waals surface area contributed by atoms with Crippen LogP contribution in [-0.2, 0) is 13.1 Å². The van der Waals surface area contributed by atoms with E-state index in [1.165, 1.54) is 12.0 Å². The Balaban J connectivity index is 2.41. The number of hydrogen-bond donors (Lipinski definition) is 1. The number of nitrogens with one attached hydrogen (secondary N) is 1. The molecular weight excluding hydrogens is 198 g/mol. The number of rotatable bonds is 7. The molecule has 3 nitrogen and oxygen atoms in total. The lowest BCUT2D eigenvalue weighted by molar-refractivity contribution is 0.387. The minimum absolute atomic E-state index is 0.606. The van der Waals surface area contributed by atoms with E-state index in [2.05, 4.69) is 44.3 Å². The summed E-state index contributed by atoms with van der Waals surface area (Å²) in [5, 5.41) is 7.92. The molecule has 0 fully saturated rings. The quantitative estimate of drug-likeness (QED) is 0.770. The molecule has 1 heterocycles. The van der Waals surface area contributed by atoms with Crippen molar-refractivity contribution in [1.29, 1.82) is 0 Å². The molecule has 0 amide bonds. The first kappa shape index (κ1) is 13.2. The van der Waals surface area contributed by atoms with Gasteiger partial charge in [-0.3, -0.25) is 4.68 Å². The van der Waals surface area contributed by atoms with Crippen molar-refractivity contribution in [3.63, 3.8) is 0 Å². The third-order valence-corrected chi connectivity index (χ3v) is 2.95. The predicted octanol–water partition coefficient (Wildman–Crippen LogP) is 2.82. The molecule has 0 saturated heterocycles. The minimum Gasteiger partial charge on any atom is -0.310 e. The molecule has 0 aliphatic rings. The van der Waals surface area contributed by atoms with Crippen LogP contribution in [0.1, 0.15) is 46.1 Å². The van der Waals surface area contributed by atoms with Crippen molar-refractivity contribution in [3.05, 3.63) is 18.0 Å². The van der Waals surface area contributed by atoms with Crippen molar-refractivity contribution in [1.82, 2.24) is 15.1 Å². The van der Waals surface area contributed by atoms with Crippen LogP contribution in [0, 0.1) is 5.92 Å². The lowest BCUT2D eigenvalue weighted by Crippen LogP contribution is -2.32. The Morgan fingerprint density at radius 2 is 2.12 bits per heavy atom. The Kier molecular flexibility index (Phi) is 5.53. The summed E-state index contributed by atoms with van der Waals surface area (Å²) in [5.41, 5.74) is 1.28. The maximum absolute atomic E-state index is 4.33. The van der Waals surface area contributed by atoms with Gasteiger partial charge in [-0.25, -0.2) is 0 Å². The Labute approximate surface area is 99.2 Å². The molecule has 1 rings (SSSR count). The number of aromatic nitrogens is 2. The average molecular weight is 223 g/mol. The fraction of sp³-hybridized carbons (Fsp3) is 0.769. The molecule has 0 aliphatic carbocycles. The Morgan fingerprint density at radius 3 is 2.69 bits per heavy atom. The fourth-order valence-corrected chi connectivity index (χ4v) is 1.95. The topological polar surface area (TPSA) is 29.9 Å². The lowest BCUT2D eigenvalue weighted by Gasteiger charge is -2.20. The molecule has 0 aliphatic heterocycles. The first-order valence-corrected chi connectivity index (χ1v) is 6.42. The highest BCUT2D eigenvalue weighted by atomic mass is 15.3. The molecule has 1 aromatic rings. The zero-order chi connectivity index (χ0) is 12.0. The summed E-state index contributed by atoms with van der Waals surface area (Å²) in [5.74, 6) is 0.690. The maximum Gasteiger partial charge on any atom is 0.0534 e. The summed E-state index contributed by atoms with van der Waals surface area (Å²) in [6.45, 7) is 10.9. The number of hydrogen-bond acceptors (Lipinski definition) is 2. The van der Waals surface area contributed by atoms with Crippen LogP contribution in [0.3, 0.4) is 0 Å². The molecule has 1 N–H and O–H groups in total. The highest BCUT2D eigenvalue weighted by Crippen LogP contribution is 2.07. The van der Waals surface area contributed by atoms with Crippen LogP contribution in [0.25, 0.3) is 0 Å². The average Bonchev–Trinajstić information content (AvgIpc) is 2.67. The van der Waals surface area contributed by atoms with Crippen molar-refractivity contribution in [3.8, 4) is 0 Å². The molecule has 1 unspecified atom stereocenters. The minimum atomic E-state index is 0.606. The molecule has 92 valence electrons. The fourth-order valence-electron chi connectivity index (χ4n) is 1.95. The van der Waals surface area contributed by atoms with Gasteiger partial charge in [-0.15, -0.1) is 0 Å². The van der Waals surface area contributed by atoms with Crippen LogP contribution >= 0.6 is 0 Å². The second-order valence-corrected chi connectivity index (χ2v) is 4.75. The smallest absolute Gasteiger partial charge is 0.0534 e. The third-order valence-electron chi connectivity index (χ3n) is 2.95. The van der Waals surface area contributed by atoms with E-state index in [4.69, 9.17) is 0 Å². The van der Waals surface area contributed by atoms with Gasteiger partial charge in [0.2, 0.25) is 0 Å². The summed E-state index contributed by atoms with van der Waals surface area (Å²) in [4.78, 5) is 0. The van der Waals surface area contributed by atoms with Gasteiger partial charge < -0.3 is 5.32 Å². The molecule has 16 heavy (non-hydrogen) atoms. The summed E-state index contributed by atoms with van der Waals surface area (Å²) in [6, 6.07) is 0.606. The van der Waals surface area contributed by atoms with Crippen molar-refractivity contribution in [2.75, 3.05) is 0 Å². The van der Waals surface area contributed by atoms with Crippen molar-refractivity contribution in [2.45, 2.75) is 59.7 Å². The molecular formula is C13H25N3. The summed E-state index contributed by atoms with van der Waals surface area (Å²) < 4.78 is 2.02. The first-order chi connectivity index (χ1) is 7.67. The van der Waals surface area contributed by atoms with Crippen LogP contribution in [0.15, 0.2) is 12.4 Å². The van der Waals surface area contributed by atoms with Gasteiger partial charge in [-0.1, -0.05) is 27.7 Å². The standard InChI is InChI=1S/C13H25N3/c1-5-7-16-10-12(9-15-16)8-14-13(6-2)11(3)4/h9-11,13-14H,5-8H2,1-4H3. The van der Waals surface area contributed by atoms with Gasteiger partial charge in [-0.2, -0.15) is 5.10 Å². The van der Waals surface area contributed by atoms with Crippen molar-refractivity contribution < 1.29 is 0 Å². The van der Waals surface area contributed by atoms with Gasteiger partial charge in [0.1, 0.15) is 0 Å². The van der Waals surface area contributed by atoms with Crippen LogP contribution in [0.2, 0.25) is 0 Å². The van der Waals surface area contributed by atoms with Gasteiger partial charge in [0.25, 0.3) is 0 Å². The maximum atomic E-state index is 4.33. The largest absolute Gasteiger partial charge is 0.310 e. The van der Waals surface area contributed by atoms with E-state index in [9.17, 15) is 0 Å². The Bertz CT molecular complexity index is 291. The van der Waals surface area contributed by atoms with E-state index < -0.39 is 0 Å². The molecule has 0 saturated carbocycles. The second kappa shape index (κ2) is 6.69. The van der Waals surface area contributed by atoms with E-state index in [-0.39, 0.29) is 0 Å². The van der Waals surface area contributed by atoms with Gasteiger partial charge in [0.15, 0.2) is 0 Å². The van der Waals surface area contributed by atoms with Crippen LogP contribution in [0.4, 0.5) is 0 Å². The van der Waals surface area contributed by atoms with Crippen LogP contribution in [-0.4, -0.2) is 15.8 Å². The Hall–Kier alpha value is -0.830. The number of nitrogens with zero attached hydrogens (tertiary/aromatic N) is 2. The van der Waals surface area contributed by atoms with Gasteiger partial charge >= 0.3 is 0 Å². The number of aryl methyl sites for hydroxylation is 1. The molecule has 0 spiro atoms. The lowest BCUT2D eigenvalue weighted by atomic mass is 10.0. The molecule has 1 atom stereocenters. The van der Waals surface area contributed by atoms with Gasteiger partial charge in [0, 0.05) is 30.9 Å². The highest BCUT2D eigenvalue weighted by molar-refractivity contribution is 5.03. The van der Waals surface area contributed by atoms with Gasteiger partial charge in [0.05, 0.1) is 6.20 Å².